The van der Waals surface area contributed by atoms with Gasteiger partial charge in [-0.1, -0.05) is 36.3 Å². The minimum atomic E-state index is 0.171. The summed E-state index contributed by atoms with van der Waals surface area (Å²) in [6, 6.07) is 13.5. The Balaban J connectivity index is 2.87. The third-order valence-corrected chi connectivity index (χ3v) is 3.31. The van der Waals surface area contributed by atoms with Crippen LogP contribution in [-0.4, -0.2) is 25.7 Å². The molecule has 0 saturated carbocycles. The highest BCUT2D eigenvalue weighted by Gasteiger charge is 2.23. The lowest BCUT2D eigenvalue weighted by molar-refractivity contribution is 0.397. The maximum atomic E-state index is 9.64. The van der Waals surface area contributed by atoms with Crippen molar-refractivity contribution < 1.29 is 4.74 Å². The maximum absolute atomic E-state index is 9.64. The number of benzene rings is 1. The number of ether oxygens (including phenoxy) is 1. The molecule has 0 amide bonds. The molecule has 2 rings (SSSR count). The number of terminal acetylenes is 1. The quantitative estimate of drug-likeness (QED) is 0.812. The molecule has 2 aromatic rings. The van der Waals surface area contributed by atoms with Crippen molar-refractivity contribution >= 4 is 5.82 Å². The molecule has 0 saturated heterocycles. The summed E-state index contributed by atoms with van der Waals surface area (Å²) in [6.07, 6.45) is 5.35. The predicted molar refractivity (Wildman–Crippen MR) is 87.8 cm³/mol. The molecule has 1 aromatic heterocycles. The molecule has 23 heavy (non-hydrogen) atoms. The predicted octanol–water partition coefficient (Wildman–Crippen LogP) is 2.57. The normalized spacial score (nSPS) is 9.35. The smallest absolute Gasteiger partial charge is 0.234 e. The fourth-order valence-electron chi connectivity index (χ4n) is 2.29. The molecule has 0 radical (unpaired) electrons. The second-order valence-electron chi connectivity index (χ2n) is 4.72. The van der Waals surface area contributed by atoms with Crippen molar-refractivity contribution in [2.24, 2.45) is 0 Å². The first-order valence-electron chi connectivity index (χ1n) is 6.80. The largest absolute Gasteiger partial charge is 0.480 e. The summed E-state index contributed by atoms with van der Waals surface area (Å²) in [4.78, 5) is 5.98. The molecule has 0 aliphatic carbocycles. The Morgan fingerprint density at radius 2 is 1.83 bits per heavy atom. The average molecular weight is 302 g/mol. The van der Waals surface area contributed by atoms with Crippen LogP contribution in [0.4, 0.5) is 5.82 Å². The minimum Gasteiger partial charge on any atom is -0.480 e. The van der Waals surface area contributed by atoms with Crippen LogP contribution in [0.5, 0.6) is 5.88 Å². The lowest BCUT2D eigenvalue weighted by Gasteiger charge is -2.20. The van der Waals surface area contributed by atoms with Crippen molar-refractivity contribution in [3.8, 4) is 41.5 Å². The molecule has 0 aliphatic rings. The van der Waals surface area contributed by atoms with Crippen LogP contribution in [0.1, 0.15) is 11.1 Å². The zero-order chi connectivity index (χ0) is 16.8. The van der Waals surface area contributed by atoms with E-state index < -0.39 is 0 Å². The van der Waals surface area contributed by atoms with Gasteiger partial charge in [-0.15, -0.1) is 6.42 Å². The summed E-state index contributed by atoms with van der Waals surface area (Å²) in [7, 11) is 3.18. The SMILES string of the molecule is C#CCN(C)c1nc(OC)c(C#N)c(-c2ccccc2)c1C#N. The highest BCUT2D eigenvalue weighted by atomic mass is 16.5. The van der Waals surface area contributed by atoms with Gasteiger partial charge in [0, 0.05) is 12.6 Å². The summed E-state index contributed by atoms with van der Waals surface area (Å²) in [6.45, 7) is 0.283. The maximum Gasteiger partial charge on any atom is 0.234 e. The summed E-state index contributed by atoms with van der Waals surface area (Å²) in [5.74, 6) is 3.07. The molecule has 0 unspecified atom stereocenters. The van der Waals surface area contributed by atoms with E-state index in [4.69, 9.17) is 11.2 Å². The molecule has 0 spiro atoms. The number of rotatable bonds is 4. The van der Waals surface area contributed by atoms with E-state index in [0.717, 1.165) is 5.56 Å². The molecular weight excluding hydrogens is 288 g/mol. The molecule has 5 heteroatoms. The third kappa shape index (κ3) is 2.93. The van der Waals surface area contributed by atoms with Crippen molar-refractivity contribution in [3.63, 3.8) is 0 Å². The van der Waals surface area contributed by atoms with Crippen LogP contribution < -0.4 is 9.64 Å². The van der Waals surface area contributed by atoms with Gasteiger partial charge in [0.2, 0.25) is 5.88 Å². The standard InChI is InChI=1S/C18H14N4O/c1-4-10-22(2)17-14(11-19)16(13-8-6-5-7-9-13)15(12-20)18(21-17)23-3/h1,5-9H,10H2,2-3H3. The summed E-state index contributed by atoms with van der Waals surface area (Å²) in [5, 5.41) is 19.2. The number of methoxy groups -OCH3 is 1. The van der Waals surface area contributed by atoms with Crippen LogP contribution >= 0.6 is 0 Å². The molecule has 1 heterocycles. The van der Waals surface area contributed by atoms with E-state index >= 15 is 0 Å². The Bertz CT molecular complexity index is 839. The molecule has 0 fully saturated rings. The molecule has 112 valence electrons. The highest BCUT2D eigenvalue weighted by Crippen LogP contribution is 2.36. The third-order valence-electron chi connectivity index (χ3n) is 3.31. The second kappa shape index (κ2) is 6.98. The van der Waals surface area contributed by atoms with E-state index in [9.17, 15) is 10.5 Å². The Kier molecular flexibility index (Phi) is 4.82. The molecule has 0 bridgehead atoms. The van der Waals surface area contributed by atoms with Crippen molar-refractivity contribution in [2.45, 2.75) is 0 Å². The highest BCUT2D eigenvalue weighted by molar-refractivity contribution is 5.83. The van der Waals surface area contributed by atoms with E-state index in [1.807, 2.05) is 30.3 Å². The number of anilines is 1. The summed E-state index contributed by atoms with van der Waals surface area (Å²) in [5.41, 5.74) is 1.78. The molecular formula is C18H14N4O. The van der Waals surface area contributed by atoms with E-state index in [-0.39, 0.29) is 18.0 Å². The Morgan fingerprint density at radius 3 is 2.35 bits per heavy atom. The van der Waals surface area contributed by atoms with Crippen LogP contribution in [0.15, 0.2) is 30.3 Å². The second-order valence-corrected chi connectivity index (χ2v) is 4.72. The number of hydrogen-bond acceptors (Lipinski definition) is 5. The fourth-order valence-corrected chi connectivity index (χ4v) is 2.29. The van der Waals surface area contributed by atoms with Crippen molar-refractivity contribution in [3.05, 3.63) is 41.5 Å². The number of nitrogens with zero attached hydrogens (tertiary/aromatic N) is 4. The van der Waals surface area contributed by atoms with Gasteiger partial charge in [0.25, 0.3) is 0 Å². The monoisotopic (exact) mass is 302 g/mol. The minimum absolute atomic E-state index is 0.171. The molecule has 5 nitrogen and oxygen atoms in total. The van der Waals surface area contributed by atoms with Gasteiger partial charge in [-0.3, -0.25) is 0 Å². The van der Waals surface area contributed by atoms with Crippen molar-refractivity contribution in [2.75, 3.05) is 25.6 Å². The van der Waals surface area contributed by atoms with Gasteiger partial charge in [-0.25, -0.2) is 0 Å². The van der Waals surface area contributed by atoms with Crippen LogP contribution in [0.25, 0.3) is 11.1 Å². The van der Waals surface area contributed by atoms with Crippen molar-refractivity contribution in [1.82, 2.24) is 4.98 Å². The molecule has 0 aliphatic heterocycles. The lowest BCUT2D eigenvalue weighted by atomic mass is 9.96. The zero-order valence-corrected chi connectivity index (χ0v) is 12.9. The van der Waals surface area contributed by atoms with Gasteiger partial charge in [-0.05, 0) is 5.56 Å². The van der Waals surface area contributed by atoms with E-state index in [0.29, 0.717) is 16.9 Å². The van der Waals surface area contributed by atoms with Crippen LogP contribution in [-0.2, 0) is 0 Å². The first-order chi connectivity index (χ1) is 11.2. The van der Waals surface area contributed by atoms with Crippen LogP contribution in [0.3, 0.4) is 0 Å². The Morgan fingerprint density at radius 1 is 1.17 bits per heavy atom. The van der Waals surface area contributed by atoms with Gasteiger partial charge < -0.3 is 9.64 Å². The zero-order valence-electron chi connectivity index (χ0n) is 12.9. The Hall–Kier alpha value is -3.49. The first-order valence-corrected chi connectivity index (χ1v) is 6.80. The summed E-state index contributed by atoms with van der Waals surface area (Å²) < 4.78 is 5.25. The van der Waals surface area contributed by atoms with Crippen LogP contribution in [0.2, 0.25) is 0 Å². The van der Waals surface area contributed by atoms with Gasteiger partial charge >= 0.3 is 0 Å². The number of aromatic nitrogens is 1. The summed E-state index contributed by atoms with van der Waals surface area (Å²) >= 11 is 0. The van der Waals surface area contributed by atoms with Gasteiger partial charge in [0.15, 0.2) is 5.82 Å². The Labute approximate surface area is 135 Å². The van der Waals surface area contributed by atoms with E-state index in [2.05, 4.69) is 23.0 Å². The van der Waals surface area contributed by atoms with E-state index in [1.165, 1.54) is 7.11 Å². The van der Waals surface area contributed by atoms with Crippen LogP contribution in [0, 0.1) is 35.0 Å². The van der Waals surface area contributed by atoms with Gasteiger partial charge in [0.05, 0.1) is 13.7 Å². The van der Waals surface area contributed by atoms with E-state index in [1.54, 1.807) is 11.9 Å². The topological polar surface area (TPSA) is 72.9 Å². The molecule has 0 atom stereocenters. The number of pyridine rings is 1. The number of nitriles is 2. The fraction of sp³-hybridized carbons (Fsp3) is 0.167. The molecule has 1 aromatic carbocycles. The average Bonchev–Trinajstić information content (AvgIpc) is 2.60. The van der Waals surface area contributed by atoms with Gasteiger partial charge in [-0.2, -0.15) is 15.5 Å². The van der Waals surface area contributed by atoms with Crippen molar-refractivity contribution in [1.29, 1.82) is 10.5 Å². The lowest BCUT2D eigenvalue weighted by Crippen LogP contribution is -2.20. The first kappa shape index (κ1) is 15.9. The molecule has 0 N–H and O–H groups in total. The van der Waals surface area contributed by atoms with Gasteiger partial charge in [0.1, 0.15) is 23.3 Å². The number of hydrogen-bond donors (Lipinski definition) is 0.